The van der Waals surface area contributed by atoms with Crippen molar-refractivity contribution in [2.75, 3.05) is 7.11 Å². The van der Waals surface area contributed by atoms with Crippen molar-refractivity contribution in [3.05, 3.63) is 65.7 Å². The van der Waals surface area contributed by atoms with Crippen LogP contribution in [0.3, 0.4) is 0 Å². The SMILES string of the molecule is COC(=O)[C@H](NC(=O)[C@@H]1Cc2ccccc2O1)c1ccccc1. The summed E-state index contributed by atoms with van der Waals surface area (Å²) in [5, 5.41) is 2.72. The zero-order valence-corrected chi connectivity index (χ0v) is 12.7. The molecule has 118 valence electrons. The third-order valence-corrected chi connectivity index (χ3v) is 3.80. The summed E-state index contributed by atoms with van der Waals surface area (Å²) in [4.78, 5) is 24.5. The van der Waals surface area contributed by atoms with Crippen molar-refractivity contribution in [3.8, 4) is 5.75 Å². The van der Waals surface area contributed by atoms with Crippen LogP contribution in [0.2, 0.25) is 0 Å². The van der Waals surface area contributed by atoms with Gasteiger partial charge in [0.15, 0.2) is 12.1 Å². The van der Waals surface area contributed by atoms with Gasteiger partial charge in [-0.05, 0) is 17.2 Å². The molecule has 2 aromatic rings. The summed E-state index contributed by atoms with van der Waals surface area (Å²) < 4.78 is 10.5. The number of carbonyl (C=O) groups excluding carboxylic acids is 2. The first-order chi connectivity index (χ1) is 11.2. The van der Waals surface area contributed by atoms with E-state index >= 15 is 0 Å². The summed E-state index contributed by atoms with van der Waals surface area (Å²) in [6.45, 7) is 0. The molecule has 0 unspecified atom stereocenters. The Labute approximate surface area is 134 Å². The molecule has 1 aliphatic heterocycles. The van der Waals surface area contributed by atoms with Crippen LogP contribution in [0.4, 0.5) is 0 Å². The van der Waals surface area contributed by atoms with Gasteiger partial charge in [-0.15, -0.1) is 0 Å². The van der Waals surface area contributed by atoms with Crippen molar-refractivity contribution in [1.82, 2.24) is 5.32 Å². The van der Waals surface area contributed by atoms with Gasteiger partial charge in [0.25, 0.3) is 5.91 Å². The number of benzene rings is 2. The van der Waals surface area contributed by atoms with E-state index in [4.69, 9.17) is 9.47 Å². The smallest absolute Gasteiger partial charge is 0.333 e. The molecule has 23 heavy (non-hydrogen) atoms. The van der Waals surface area contributed by atoms with Crippen LogP contribution in [-0.4, -0.2) is 25.1 Å². The number of amides is 1. The fraction of sp³-hybridized carbons (Fsp3) is 0.222. The third-order valence-electron chi connectivity index (χ3n) is 3.80. The molecule has 0 saturated carbocycles. The number of rotatable bonds is 4. The molecule has 5 heteroatoms. The minimum atomic E-state index is -0.846. The summed E-state index contributed by atoms with van der Waals surface area (Å²) in [6.07, 6.45) is -0.145. The zero-order valence-electron chi connectivity index (χ0n) is 12.7. The molecular formula is C18H17NO4. The Morgan fingerprint density at radius 2 is 1.83 bits per heavy atom. The maximum atomic E-state index is 12.5. The van der Waals surface area contributed by atoms with Gasteiger partial charge in [-0.3, -0.25) is 4.79 Å². The standard InChI is InChI=1S/C18H17NO4/c1-22-18(21)16(12-7-3-2-4-8-12)19-17(20)15-11-13-9-5-6-10-14(13)23-15/h2-10,15-16H,11H2,1H3,(H,19,20)/t15-,16+/m0/s1. The zero-order chi connectivity index (χ0) is 16.2. The highest BCUT2D eigenvalue weighted by molar-refractivity contribution is 5.88. The van der Waals surface area contributed by atoms with E-state index in [9.17, 15) is 9.59 Å². The van der Waals surface area contributed by atoms with Gasteiger partial charge in [0.1, 0.15) is 5.75 Å². The summed E-state index contributed by atoms with van der Waals surface area (Å²) in [7, 11) is 1.30. The number of methoxy groups -OCH3 is 1. The predicted octanol–water partition coefficient (Wildman–Crippen LogP) is 2.02. The predicted molar refractivity (Wildman–Crippen MR) is 83.9 cm³/mol. The largest absolute Gasteiger partial charge is 0.480 e. The van der Waals surface area contributed by atoms with Gasteiger partial charge in [-0.1, -0.05) is 48.5 Å². The average molecular weight is 311 g/mol. The molecule has 0 aromatic heterocycles. The van der Waals surface area contributed by atoms with Crippen molar-refractivity contribution in [2.45, 2.75) is 18.6 Å². The molecule has 0 radical (unpaired) electrons. The minimum absolute atomic E-state index is 0.333. The number of nitrogens with one attached hydrogen (secondary N) is 1. The van der Waals surface area contributed by atoms with E-state index < -0.39 is 18.1 Å². The fourth-order valence-corrected chi connectivity index (χ4v) is 2.61. The number of para-hydroxylation sites is 1. The number of fused-ring (bicyclic) bond motifs is 1. The normalized spacial score (nSPS) is 16.8. The topological polar surface area (TPSA) is 64.6 Å². The maximum Gasteiger partial charge on any atom is 0.333 e. The highest BCUT2D eigenvalue weighted by Crippen LogP contribution is 2.28. The summed E-state index contributed by atoms with van der Waals surface area (Å²) in [5.74, 6) is -0.137. The van der Waals surface area contributed by atoms with Crippen molar-refractivity contribution < 1.29 is 19.1 Å². The molecule has 0 aliphatic carbocycles. The molecule has 0 fully saturated rings. The third kappa shape index (κ3) is 3.18. The van der Waals surface area contributed by atoms with Crippen LogP contribution in [0.1, 0.15) is 17.2 Å². The lowest BCUT2D eigenvalue weighted by Crippen LogP contribution is -2.42. The first-order valence-electron chi connectivity index (χ1n) is 7.36. The van der Waals surface area contributed by atoms with Gasteiger partial charge in [-0.2, -0.15) is 0 Å². The molecule has 1 aliphatic rings. The molecule has 2 aromatic carbocycles. The summed E-state index contributed by atoms with van der Waals surface area (Å²) in [5.41, 5.74) is 1.66. The van der Waals surface area contributed by atoms with Crippen LogP contribution in [0.5, 0.6) is 5.75 Å². The molecule has 3 rings (SSSR count). The minimum Gasteiger partial charge on any atom is -0.480 e. The Balaban J connectivity index is 1.74. The highest BCUT2D eigenvalue weighted by atomic mass is 16.5. The molecule has 0 saturated heterocycles. The highest BCUT2D eigenvalue weighted by Gasteiger charge is 2.32. The van der Waals surface area contributed by atoms with Crippen molar-refractivity contribution in [3.63, 3.8) is 0 Å². The number of ether oxygens (including phenoxy) is 2. The number of esters is 1. The number of hydrogen-bond acceptors (Lipinski definition) is 4. The lowest BCUT2D eigenvalue weighted by atomic mass is 10.1. The van der Waals surface area contributed by atoms with Crippen LogP contribution in [0.15, 0.2) is 54.6 Å². The van der Waals surface area contributed by atoms with Crippen molar-refractivity contribution >= 4 is 11.9 Å². The van der Waals surface area contributed by atoms with E-state index in [0.717, 1.165) is 5.56 Å². The van der Waals surface area contributed by atoms with Gasteiger partial charge in [0.05, 0.1) is 7.11 Å². The van der Waals surface area contributed by atoms with Crippen LogP contribution in [-0.2, 0) is 20.7 Å². The first kappa shape index (κ1) is 15.1. The van der Waals surface area contributed by atoms with Crippen molar-refractivity contribution in [1.29, 1.82) is 0 Å². The quantitative estimate of drug-likeness (QED) is 0.877. The average Bonchev–Trinajstić information content (AvgIpc) is 3.04. The van der Waals surface area contributed by atoms with E-state index in [-0.39, 0.29) is 5.91 Å². The van der Waals surface area contributed by atoms with E-state index in [1.54, 1.807) is 24.3 Å². The monoisotopic (exact) mass is 311 g/mol. The molecule has 1 N–H and O–H groups in total. The number of carbonyl (C=O) groups is 2. The van der Waals surface area contributed by atoms with E-state index in [0.29, 0.717) is 17.7 Å². The molecule has 2 atom stereocenters. The number of hydrogen-bond donors (Lipinski definition) is 1. The Kier molecular flexibility index (Phi) is 4.28. The van der Waals surface area contributed by atoms with E-state index in [1.165, 1.54) is 7.11 Å². The summed E-state index contributed by atoms with van der Waals surface area (Å²) >= 11 is 0. The Morgan fingerprint density at radius 1 is 1.13 bits per heavy atom. The van der Waals surface area contributed by atoms with Crippen LogP contribution in [0, 0.1) is 0 Å². The lowest BCUT2D eigenvalue weighted by Gasteiger charge is -2.19. The lowest BCUT2D eigenvalue weighted by molar-refractivity contribution is -0.146. The fourth-order valence-electron chi connectivity index (χ4n) is 2.61. The second-order valence-electron chi connectivity index (χ2n) is 5.29. The van der Waals surface area contributed by atoms with Crippen LogP contribution < -0.4 is 10.1 Å². The Hall–Kier alpha value is -2.82. The van der Waals surface area contributed by atoms with Gasteiger partial charge in [-0.25, -0.2) is 4.79 Å². The van der Waals surface area contributed by atoms with E-state index in [1.807, 2.05) is 30.3 Å². The molecular weight excluding hydrogens is 294 g/mol. The molecule has 0 bridgehead atoms. The second-order valence-corrected chi connectivity index (χ2v) is 5.29. The van der Waals surface area contributed by atoms with Gasteiger partial charge >= 0.3 is 5.97 Å². The molecule has 1 amide bonds. The molecule has 1 heterocycles. The van der Waals surface area contributed by atoms with Gasteiger partial charge < -0.3 is 14.8 Å². The first-order valence-corrected chi connectivity index (χ1v) is 7.36. The van der Waals surface area contributed by atoms with Crippen LogP contribution in [0.25, 0.3) is 0 Å². The molecule has 5 nitrogen and oxygen atoms in total. The molecule has 0 spiro atoms. The maximum absolute atomic E-state index is 12.5. The summed E-state index contributed by atoms with van der Waals surface area (Å²) in [6, 6.07) is 15.7. The Morgan fingerprint density at radius 3 is 2.52 bits per heavy atom. The second kappa shape index (κ2) is 6.52. The van der Waals surface area contributed by atoms with Crippen molar-refractivity contribution in [2.24, 2.45) is 0 Å². The van der Waals surface area contributed by atoms with Crippen LogP contribution >= 0.6 is 0 Å². The van der Waals surface area contributed by atoms with E-state index in [2.05, 4.69) is 5.32 Å². The van der Waals surface area contributed by atoms with Gasteiger partial charge in [0.2, 0.25) is 0 Å². The van der Waals surface area contributed by atoms with Gasteiger partial charge in [0, 0.05) is 6.42 Å². The Bertz CT molecular complexity index is 689.